The molecule has 3 rings (SSSR count). The van der Waals surface area contributed by atoms with Crippen molar-refractivity contribution < 1.29 is 4.42 Å². The smallest absolute Gasteiger partial charge is 0.143 e. The summed E-state index contributed by atoms with van der Waals surface area (Å²) in [5.74, 6) is 1.39. The number of hydrogen-bond donors (Lipinski definition) is 1. The third-order valence-electron chi connectivity index (χ3n) is 3.48. The summed E-state index contributed by atoms with van der Waals surface area (Å²) in [6.45, 7) is 0. The van der Waals surface area contributed by atoms with Gasteiger partial charge in [-0.1, -0.05) is 39.8 Å². The van der Waals surface area contributed by atoms with E-state index in [0.717, 1.165) is 15.8 Å². The molecule has 0 radical (unpaired) electrons. The van der Waals surface area contributed by atoms with Gasteiger partial charge in [-0.3, -0.25) is 0 Å². The minimum Gasteiger partial charge on any atom is -0.468 e. The van der Waals surface area contributed by atoms with Crippen molar-refractivity contribution in [2.75, 3.05) is 5.73 Å². The van der Waals surface area contributed by atoms with Crippen LogP contribution in [0.3, 0.4) is 0 Å². The van der Waals surface area contributed by atoms with Crippen molar-refractivity contribution in [1.29, 1.82) is 10.5 Å². The molecule has 7 heteroatoms. The highest BCUT2D eigenvalue weighted by Gasteiger charge is 2.20. The molecular formula is C18H11BrN4OS. The molecule has 0 bridgehead atoms. The van der Waals surface area contributed by atoms with Gasteiger partial charge in [0.15, 0.2) is 0 Å². The SMILES string of the molecule is N#Cc1c(N)nc(SCc2ccco2)c(C#N)c1-c1ccc(Br)cc1. The summed E-state index contributed by atoms with van der Waals surface area (Å²) in [6, 6.07) is 15.3. The van der Waals surface area contributed by atoms with Crippen LogP contribution in [0.5, 0.6) is 0 Å². The fourth-order valence-electron chi connectivity index (χ4n) is 2.34. The van der Waals surface area contributed by atoms with Gasteiger partial charge in [0.05, 0.1) is 17.6 Å². The topological polar surface area (TPSA) is 99.6 Å². The first kappa shape index (κ1) is 17.1. The molecule has 0 fully saturated rings. The van der Waals surface area contributed by atoms with Gasteiger partial charge in [-0.05, 0) is 29.8 Å². The van der Waals surface area contributed by atoms with Crippen LogP contribution >= 0.6 is 27.7 Å². The van der Waals surface area contributed by atoms with Crippen molar-refractivity contribution in [3.8, 4) is 23.3 Å². The van der Waals surface area contributed by atoms with Crippen LogP contribution in [-0.2, 0) is 5.75 Å². The number of furan rings is 1. The lowest BCUT2D eigenvalue weighted by molar-refractivity contribution is 0.530. The summed E-state index contributed by atoms with van der Waals surface area (Å²) in [5.41, 5.74) is 7.78. The molecule has 0 spiro atoms. The molecule has 2 heterocycles. The third kappa shape index (κ3) is 3.53. The van der Waals surface area contributed by atoms with Crippen LogP contribution in [-0.4, -0.2) is 4.98 Å². The van der Waals surface area contributed by atoms with Crippen LogP contribution in [0.1, 0.15) is 16.9 Å². The largest absolute Gasteiger partial charge is 0.468 e. The monoisotopic (exact) mass is 410 g/mol. The van der Waals surface area contributed by atoms with E-state index in [1.807, 2.05) is 30.3 Å². The Labute approximate surface area is 157 Å². The quantitative estimate of drug-likeness (QED) is 0.624. The van der Waals surface area contributed by atoms with Crippen molar-refractivity contribution >= 4 is 33.5 Å². The number of nitrogens with two attached hydrogens (primary N) is 1. The molecule has 0 aliphatic heterocycles. The molecule has 0 atom stereocenters. The predicted molar refractivity (Wildman–Crippen MR) is 99.5 cm³/mol. The summed E-state index contributed by atoms with van der Waals surface area (Å²) in [6.07, 6.45) is 1.59. The van der Waals surface area contributed by atoms with Crippen molar-refractivity contribution in [2.45, 2.75) is 10.8 Å². The lowest BCUT2D eigenvalue weighted by Gasteiger charge is -2.12. The second kappa shape index (κ2) is 7.43. The number of hydrogen-bond acceptors (Lipinski definition) is 6. The number of nitriles is 2. The summed E-state index contributed by atoms with van der Waals surface area (Å²) in [5, 5.41) is 19.7. The molecule has 25 heavy (non-hydrogen) atoms. The van der Waals surface area contributed by atoms with E-state index in [2.05, 4.69) is 33.1 Å². The van der Waals surface area contributed by atoms with E-state index >= 15 is 0 Å². The van der Waals surface area contributed by atoms with Gasteiger partial charge in [0.25, 0.3) is 0 Å². The van der Waals surface area contributed by atoms with E-state index in [9.17, 15) is 10.5 Å². The minimum absolute atomic E-state index is 0.112. The molecule has 0 amide bonds. The Morgan fingerprint density at radius 1 is 1.12 bits per heavy atom. The number of benzene rings is 1. The molecule has 0 aliphatic carbocycles. The van der Waals surface area contributed by atoms with Crippen LogP contribution in [0, 0.1) is 22.7 Å². The Balaban J connectivity index is 2.13. The van der Waals surface area contributed by atoms with Crippen LogP contribution in [0.25, 0.3) is 11.1 Å². The van der Waals surface area contributed by atoms with E-state index in [1.54, 1.807) is 12.3 Å². The molecule has 0 saturated heterocycles. The standard InChI is InChI=1S/C18H11BrN4OS/c19-12-5-3-11(4-6-12)16-14(8-20)17(22)23-18(15(16)9-21)25-10-13-2-1-7-24-13/h1-7H,10H2,(H2,22,23). The van der Waals surface area contributed by atoms with E-state index in [4.69, 9.17) is 10.2 Å². The van der Waals surface area contributed by atoms with Gasteiger partial charge >= 0.3 is 0 Å². The number of aromatic nitrogens is 1. The summed E-state index contributed by atoms with van der Waals surface area (Å²) in [4.78, 5) is 4.26. The lowest BCUT2D eigenvalue weighted by Crippen LogP contribution is -2.03. The molecule has 2 N–H and O–H groups in total. The number of rotatable bonds is 4. The van der Waals surface area contributed by atoms with Gasteiger partial charge in [-0.2, -0.15) is 10.5 Å². The highest BCUT2D eigenvalue weighted by Crippen LogP contribution is 2.36. The number of thioether (sulfide) groups is 1. The first-order chi connectivity index (χ1) is 12.1. The Morgan fingerprint density at radius 2 is 1.84 bits per heavy atom. The fourth-order valence-corrected chi connectivity index (χ4v) is 3.50. The average Bonchev–Trinajstić information content (AvgIpc) is 3.13. The van der Waals surface area contributed by atoms with Crippen LogP contribution in [0.15, 0.2) is 56.6 Å². The fraction of sp³-hybridized carbons (Fsp3) is 0.0556. The molecule has 0 saturated carbocycles. The summed E-state index contributed by atoms with van der Waals surface area (Å²) in [7, 11) is 0. The van der Waals surface area contributed by atoms with Crippen molar-refractivity contribution in [3.63, 3.8) is 0 Å². The highest BCUT2D eigenvalue weighted by molar-refractivity contribution is 9.10. The number of anilines is 1. The summed E-state index contributed by atoms with van der Waals surface area (Å²) < 4.78 is 6.22. The van der Waals surface area contributed by atoms with E-state index in [-0.39, 0.29) is 11.4 Å². The number of nitrogen functional groups attached to an aromatic ring is 1. The van der Waals surface area contributed by atoms with Crippen LogP contribution in [0.2, 0.25) is 0 Å². The number of pyridine rings is 1. The first-order valence-electron chi connectivity index (χ1n) is 7.18. The molecule has 1 aromatic carbocycles. The van der Waals surface area contributed by atoms with Crippen LogP contribution in [0.4, 0.5) is 5.82 Å². The Bertz CT molecular complexity index is 986. The predicted octanol–water partition coefficient (Wildman–Crippen LogP) is 4.72. The zero-order valence-corrected chi connectivity index (χ0v) is 15.3. The molecule has 2 aromatic heterocycles. The molecule has 3 aromatic rings. The summed E-state index contributed by atoms with van der Waals surface area (Å²) >= 11 is 4.73. The zero-order valence-electron chi connectivity index (χ0n) is 12.9. The number of nitrogens with zero attached hydrogens (tertiary/aromatic N) is 3. The first-order valence-corrected chi connectivity index (χ1v) is 8.96. The maximum absolute atomic E-state index is 9.70. The second-order valence-corrected chi connectivity index (χ2v) is 6.91. The molecule has 0 unspecified atom stereocenters. The van der Waals surface area contributed by atoms with Crippen molar-refractivity contribution in [2.24, 2.45) is 0 Å². The maximum atomic E-state index is 9.70. The molecular weight excluding hydrogens is 400 g/mol. The van der Waals surface area contributed by atoms with Crippen molar-refractivity contribution in [1.82, 2.24) is 4.98 Å². The zero-order chi connectivity index (χ0) is 17.8. The van der Waals surface area contributed by atoms with Gasteiger partial charge in [0, 0.05) is 10.0 Å². The van der Waals surface area contributed by atoms with Gasteiger partial charge in [-0.25, -0.2) is 4.98 Å². The molecule has 5 nitrogen and oxygen atoms in total. The van der Waals surface area contributed by atoms with E-state index in [0.29, 0.717) is 21.9 Å². The third-order valence-corrected chi connectivity index (χ3v) is 5.01. The minimum atomic E-state index is 0.112. The van der Waals surface area contributed by atoms with Gasteiger partial charge in [0.1, 0.15) is 34.3 Å². The average molecular weight is 411 g/mol. The number of halogens is 1. The van der Waals surface area contributed by atoms with E-state index < -0.39 is 0 Å². The Morgan fingerprint density at radius 3 is 2.44 bits per heavy atom. The molecule has 122 valence electrons. The Hall–Kier alpha value is -2.74. The highest BCUT2D eigenvalue weighted by atomic mass is 79.9. The maximum Gasteiger partial charge on any atom is 0.143 e. The van der Waals surface area contributed by atoms with Crippen LogP contribution < -0.4 is 5.73 Å². The van der Waals surface area contributed by atoms with Gasteiger partial charge in [0.2, 0.25) is 0 Å². The van der Waals surface area contributed by atoms with Crippen molar-refractivity contribution in [3.05, 3.63) is 64.0 Å². The second-order valence-electron chi connectivity index (χ2n) is 5.03. The Kier molecular flexibility index (Phi) is 5.08. The van der Waals surface area contributed by atoms with Gasteiger partial charge < -0.3 is 10.2 Å². The normalized spacial score (nSPS) is 10.2. The lowest BCUT2D eigenvalue weighted by atomic mass is 9.97. The van der Waals surface area contributed by atoms with Gasteiger partial charge in [-0.15, -0.1) is 0 Å². The van der Waals surface area contributed by atoms with E-state index in [1.165, 1.54) is 11.8 Å². The molecule has 0 aliphatic rings.